The minimum atomic E-state index is -0.643. The number of carbonyl (C=O) groups excluding carboxylic acids is 1. The van der Waals surface area contributed by atoms with Gasteiger partial charge in [0.25, 0.3) is 5.91 Å². The van der Waals surface area contributed by atoms with Crippen LogP contribution in [0.1, 0.15) is 13.3 Å². The van der Waals surface area contributed by atoms with Crippen LogP contribution in [0, 0.1) is 5.82 Å². The molecule has 0 heterocycles. The molecule has 0 aliphatic heterocycles. The molecule has 0 aliphatic rings. The second-order valence-corrected chi connectivity index (χ2v) is 5.45. The van der Waals surface area contributed by atoms with Crippen LogP contribution in [0.4, 0.5) is 4.39 Å². The van der Waals surface area contributed by atoms with Gasteiger partial charge in [-0.1, -0.05) is 30.7 Å². The highest BCUT2D eigenvalue weighted by atomic mass is 35.5. The number of nitrogens with one attached hydrogen (secondary N) is 1. The fourth-order valence-corrected chi connectivity index (χ4v) is 2.20. The van der Waals surface area contributed by atoms with Crippen LogP contribution in [0.25, 0.3) is 0 Å². The van der Waals surface area contributed by atoms with Crippen molar-refractivity contribution in [3.63, 3.8) is 0 Å². The third-order valence-electron chi connectivity index (χ3n) is 3.25. The maximum absolute atomic E-state index is 12.9. The van der Waals surface area contributed by atoms with Crippen LogP contribution in [0.15, 0.2) is 48.5 Å². The van der Waals surface area contributed by atoms with Crippen LogP contribution in [0.2, 0.25) is 5.02 Å². The number of ether oxygens (including phenoxy) is 2. The summed E-state index contributed by atoms with van der Waals surface area (Å²) < 4.78 is 24.0. The summed E-state index contributed by atoms with van der Waals surface area (Å²) in [7, 11) is 0. The molecule has 0 radical (unpaired) electrons. The molecule has 1 amide bonds. The summed E-state index contributed by atoms with van der Waals surface area (Å²) in [4.78, 5) is 12.1. The van der Waals surface area contributed by atoms with Crippen molar-refractivity contribution in [1.82, 2.24) is 5.32 Å². The summed E-state index contributed by atoms with van der Waals surface area (Å²) >= 11 is 5.98. The van der Waals surface area contributed by atoms with Gasteiger partial charge in [-0.15, -0.1) is 0 Å². The Morgan fingerprint density at radius 2 is 1.92 bits per heavy atom. The standard InChI is InChI=1S/C18H19ClFNO3/c1-2-16(24-14-9-7-13(20)8-10-14)18(22)21-11-12-23-17-6-4-3-5-15(17)19/h3-10,16H,2,11-12H2,1H3,(H,21,22). The molecule has 1 atom stereocenters. The maximum Gasteiger partial charge on any atom is 0.261 e. The van der Waals surface area contributed by atoms with Crippen molar-refractivity contribution in [1.29, 1.82) is 0 Å². The molecule has 0 spiro atoms. The Bertz CT molecular complexity index is 664. The topological polar surface area (TPSA) is 47.6 Å². The normalized spacial score (nSPS) is 11.6. The van der Waals surface area contributed by atoms with Gasteiger partial charge in [0, 0.05) is 0 Å². The molecule has 0 bridgehead atoms. The minimum Gasteiger partial charge on any atom is -0.490 e. The third kappa shape index (κ3) is 5.42. The monoisotopic (exact) mass is 351 g/mol. The van der Waals surface area contributed by atoms with E-state index in [0.29, 0.717) is 36.1 Å². The van der Waals surface area contributed by atoms with E-state index in [-0.39, 0.29) is 11.7 Å². The lowest BCUT2D eigenvalue weighted by Crippen LogP contribution is -2.39. The summed E-state index contributed by atoms with van der Waals surface area (Å²) in [6.45, 7) is 2.46. The first-order valence-electron chi connectivity index (χ1n) is 7.67. The SMILES string of the molecule is CCC(Oc1ccc(F)cc1)C(=O)NCCOc1ccccc1Cl. The molecule has 4 nitrogen and oxygen atoms in total. The summed E-state index contributed by atoms with van der Waals surface area (Å²) in [6.07, 6.45) is -0.148. The molecule has 0 aromatic heterocycles. The molecule has 128 valence electrons. The van der Waals surface area contributed by atoms with Crippen LogP contribution < -0.4 is 14.8 Å². The van der Waals surface area contributed by atoms with Crippen LogP contribution in [-0.2, 0) is 4.79 Å². The zero-order valence-corrected chi connectivity index (χ0v) is 14.1. The molecule has 0 aliphatic carbocycles. The second-order valence-electron chi connectivity index (χ2n) is 5.04. The quantitative estimate of drug-likeness (QED) is 0.735. The summed E-state index contributed by atoms with van der Waals surface area (Å²) in [5.74, 6) is 0.426. The van der Waals surface area contributed by atoms with E-state index in [1.165, 1.54) is 24.3 Å². The Labute approximate surface area is 145 Å². The van der Waals surface area contributed by atoms with Crippen LogP contribution in [-0.4, -0.2) is 25.2 Å². The number of para-hydroxylation sites is 1. The van der Waals surface area contributed by atoms with Gasteiger partial charge >= 0.3 is 0 Å². The number of halogens is 2. The van der Waals surface area contributed by atoms with E-state index in [0.717, 1.165) is 0 Å². The molecule has 0 saturated carbocycles. The van der Waals surface area contributed by atoms with Gasteiger partial charge in [-0.3, -0.25) is 4.79 Å². The van der Waals surface area contributed by atoms with Crippen molar-refractivity contribution in [2.24, 2.45) is 0 Å². The second kappa shape index (κ2) is 9.13. The fourth-order valence-electron chi connectivity index (χ4n) is 2.01. The van der Waals surface area contributed by atoms with Gasteiger partial charge in [-0.25, -0.2) is 4.39 Å². The molecule has 24 heavy (non-hydrogen) atoms. The highest BCUT2D eigenvalue weighted by Gasteiger charge is 2.17. The Balaban J connectivity index is 1.77. The van der Waals surface area contributed by atoms with Gasteiger partial charge in [0.05, 0.1) is 11.6 Å². The van der Waals surface area contributed by atoms with E-state index in [1.54, 1.807) is 12.1 Å². The maximum atomic E-state index is 12.9. The van der Waals surface area contributed by atoms with Crippen molar-refractivity contribution >= 4 is 17.5 Å². The Morgan fingerprint density at radius 1 is 1.21 bits per heavy atom. The first-order valence-corrected chi connectivity index (χ1v) is 8.05. The van der Waals surface area contributed by atoms with Crippen LogP contribution >= 0.6 is 11.6 Å². The van der Waals surface area contributed by atoms with E-state index in [9.17, 15) is 9.18 Å². The van der Waals surface area contributed by atoms with Crippen LogP contribution in [0.3, 0.4) is 0 Å². The lowest BCUT2D eigenvalue weighted by atomic mass is 10.2. The smallest absolute Gasteiger partial charge is 0.261 e. The number of rotatable bonds is 8. The van der Waals surface area contributed by atoms with Crippen molar-refractivity contribution < 1.29 is 18.7 Å². The average Bonchev–Trinajstić information content (AvgIpc) is 2.59. The number of hydrogen-bond acceptors (Lipinski definition) is 3. The predicted octanol–water partition coefficient (Wildman–Crippen LogP) is 3.83. The van der Waals surface area contributed by atoms with Gasteiger partial charge in [-0.2, -0.15) is 0 Å². The molecule has 1 unspecified atom stereocenters. The third-order valence-corrected chi connectivity index (χ3v) is 3.56. The summed E-state index contributed by atoms with van der Waals surface area (Å²) in [5.41, 5.74) is 0. The van der Waals surface area contributed by atoms with E-state index < -0.39 is 6.10 Å². The average molecular weight is 352 g/mol. The molecule has 2 aromatic carbocycles. The summed E-state index contributed by atoms with van der Waals surface area (Å²) in [6, 6.07) is 12.7. The molecule has 0 saturated heterocycles. The van der Waals surface area contributed by atoms with Crippen molar-refractivity contribution in [3.8, 4) is 11.5 Å². The molecule has 1 N–H and O–H groups in total. The minimum absolute atomic E-state index is 0.246. The Hall–Kier alpha value is -2.27. The predicted molar refractivity (Wildman–Crippen MR) is 91.1 cm³/mol. The number of hydrogen-bond donors (Lipinski definition) is 1. The van der Waals surface area contributed by atoms with Gasteiger partial charge in [0.15, 0.2) is 6.10 Å². The highest BCUT2D eigenvalue weighted by molar-refractivity contribution is 6.32. The largest absolute Gasteiger partial charge is 0.490 e. The molecule has 0 fully saturated rings. The van der Waals surface area contributed by atoms with E-state index in [4.69, 9.17) is 21.1 Å². The van der Waals surface area contributed by atoms with Gasteiger partial charge in [0.1, 0.15) is 23.9 Å². The van der Waals surface area contributed by atoms with Gasteiger partial charge < -0.3 is 14.8 Å². The molecule has 6 heteroatoms. The summed E-state index contributed by atoms with van der Waals surface area (Å²) in [5, 5.41) is 3.27. The van der Waals surface area contributed by atoms with E-state index >= 15 is 0 Å². The Morgan fingerprint density at radius 3 is 2.58 bits per heavy atom. The molecule has 2 aromatic rings. The molecule has 2 rings (SSSR count). The van der Waals surface area contributed by atoms with Gasteiger partial charge in [0.2, 0.25) is 0 Å². The Kier molecular flexibility index (Phi) is 6.88. The number of benzene rings is 2. The zero-order valence-electron chi connectivity index (χ0n) is 13.3. The highest BCUT2D eigenvalue weighted by Crippen LogP contribution is 2.22. The molecular formula is C18H19ClFNO3. The first kappa shape index (κ1) is 18.1. The zero-order chi connectivity index (χ0) is 17.4. The number of carbonyl (C=O) groups is 1. The van der Waals surface area contributed by atoms with Crippen molar-refractivity contribution in [3.05, 3.63) is 59.4 Å². The van der Waals surface area contributed by atoms with Gasteiger partial charge in [-0.05, 0) is 42.8 Å². The lowest BCUT2D eigenvalue weighted by molar-refractivity contribution is -0.128. The number of amides is 1. The van der Waals surface area contributed by atoms with E-state index in [1.807, 2.05) is 19.1 Å². The van der Waals surface area contributed by atoms with E-state index in [2.05, 4.69) is 5.32 Å². The van der Waals surface area contributed by atoms with Crippen molar-refractivity contribution in [2.75, 3.05) is 13.2 Å². The fraction of sp³-hybridized carbons (Fsp3) is 0.278. The molecular weight excluding hydrogens is 333 g/mol. The first-order chi connectivity index (χ1) is 11.6. The van der Waals surface area contributed by atoms with Crippen molar-refractivity contribution in [2.45, 2.75) is 19.4 Å². The van der Waals surface area contributed by atoms with Crippen LogP contribution in [0.5, 0.6) is 11.5 Å². The lowest BCUT2D eigenvalue weighted by Gasteiger charge is -2.17.